The minimum Gasteiger partial charge on any atom is -0.288 e. The maximum Gasteiger partial charge on any atom is 0.308 e. The van der Waals surface area contributed by atoms with E-state index in [1.807, 2.05) is 0 Å². The lowest BCUT2D eigenvalue weighted by atomic mass is 9.61. The summed E-state index contributed by atoms with van der Waals surface area (Å²) in [7, 11) is -0.452. The fourth-order valence-corrected chi connectivity index (χ4v) is 5.82. The van der Waals surface area contributed by atoms with Gasteiger partial charge in [0.15, 0.2) is 0 Å². The van der Waals surface area contributed by atoms with E-state index < -0.39 is 10.2 Å². The fourth-order valence-electron chi connectivity index (χ4n) is 4.89. The molecule has 1 aliphatic carbocycles. The molecule has 0 N–H and O–H groups in total. The second kappa shape index (κ2) is 7.04. The molecule has 1 saturated heterocycles. The molecule has 2 heterocycles. The van der Waals surface area contributed by atoms with Gasteiger partial charge in [0.2, 0.25) is 0 Å². The van der Waals surface area contributed by atoms with Crippen molar-refractivity contribution < 1.29 is 8.42 Å². The van der Waals surface area contributed by atoms with Crippen molar-refractivity contribution in [3.8, 4) is 0 Å². The molecule has 1 aromatic heterocycles. The Morgan fingerprint density at radius 2 is 1.85 bits per heavy atom. The van der Waals surface area contributed by atoms with Crippen molar-refractivity contribution in [3.63, 3.8) is 0 Å². The lowest BCUT2D eigenvalue weighted by molar-refractivity contribution is -0.107. The van der Waals surface area contributed by atoms with Crippen molar-refractivity contribution in [2.75, 3.05) is 20.6 Å². The van der Waals surface area contributed by atoms with E-state index in [2.05, 4.69) is 40.2 Å². The Hall–Kier alpha value is -1.70. The maximum atomic E-state index is 12.6. The van der Waals surface area contributed by atoms with Crippen LogP contribution in [0.25, 0.3) is 0 Å². The summed E-state index contributed by atoms with van der Waals surface area (Å²) in [6.45, 7) is 1.56. The van der Waals surface area contributed by atoms with Crippen LogP contribution in [-0.4, -0.2) is 47.2 Å². The molecule has 6 nitrogen and oxygen atoms in total. The summed E-state index contributed by atoms with van der Waals surface area (Å²) in [6.07, 6.45) is 9.54. The SMILES string of the molecule is CN(C)S(=O)(=O)n1ccnc1CN1CC2(CCCCC2)[C@H]1c1ccccc1. The molecule has 1 saturated carbocycles. The van der Waals surface area contributed by atoms with Crippen LogP contribution in [0.1, 0.15) is 49.5 Å². The van der Waals surface area contributed by atoms with Gasteiger partial charge in [0.05, 0.1) is 6.54 Å². The van der Waals surface area contributed by atoms with E-state index >= 15 is 0 Å². The van der Waals surface area contributed by atoms with Crippen LogP contribution < -0.4 is 0 Å². The second-order valence-corrected chi connectivity index (χ2v) is 10.1. The van der Waals surface area contributed by atoms with Gasteiger partial charge in [-0.15, -0.1) is 0 Å². The highest BCUT2D eigenvalue weighted by Gasteiger charge is 2.53. The third-order valence-electron chi connectivity index (χ3n) is 6.16. The molecule has 1 spiro atoms. The Morgan fingerprint density at radius 1 is 1.15 bits per heavy atom. The molecule has 27 heavy (non-hydrogen) atoms. The van der Waals surface area contributed by atoms with Crippen LogP contribution in [0.15, 0.2) is 42.7 Å². The minimum atomic E-state index is -3.55. The lowest BCUT2D eigenvalue weighted by Gasteiger charge is -2.59. The second-order valence-electron chi connectivity index (χ2n) is 8.07. The van der Waals surface area contributed by atoms with Gasteiger partial charge in [-0.05, 0) is 18.4 Å². The summed E-state index contributed by atoms with van der Waals surface area (Å²) in [5.74, 6) is 0.579. The number of hydrogen-bond donors (Lipinski definition) is 0. The number of aromatic nitrogens is 2. The van der Waals surface area contributed by atoms with Gasteiger partial charge in [-0.3, -0.25) is 4.90 Å². The van der Waals surface area contributed by atoms with Crippen LogP contribution in [0.5, 0.6) is 0 Å². The molecule has 2 fully saturated rings. The van der Waals surface area contributed by atoms with Crippen LogP contribution in [0.3, 0.4) is 0 Å². The Labute approximate surface area is 162 Å². The first kappa shape index (κ1) is 18.7. The van der Waals surface area contributed by atoms with E-state index in [1.54, 1.807) is 26.5 Å². The monoisotopic (exact) mass is 388 g/mol. The van der Waals surface area contributed by atoms with Gasteiger partial charge >= 0.3 is 10.2 Å². The highest BCUT2D eigenvalue weighted by atomic mass is 32.2. The van der Waals surface area contributed by atoms with Gasteiger partial charge in [-0.1, -0.05) is 49.6 Å². The Morgan fingerprint density at radius 3 is 2.52 bits per heavy atom. The Bertz CT molecular complexity index is 886. The van der Waals surface area contributed by atoms with E-state index in [1.165, 1.54) is 45.9 Å². The summed E-state index contributed by atoms with van der Waals surface area (Å²) in [4.78, 5) is 6.76. The summed E-state index contributed by atoms with van der Waals surface area (Å²) in [6, 6.07) is 11.0. The first-order chi connectivity index (χ1) is 12.9. The number of nitrogens with zero attached hydrogens (tertiary/aromatic N) is 4. The first-order valence-corrected chi connectivity index (χ1v) is 11.1. The average Bonchev–Trinajstić information content (AvgIpc) is 3.12. The quantitative estimate of drug-likeness (QED) is 0.790. The van der Waals surface area contributed by atoms with E-state index in [0.29, 0.717) is 23.8 Å². The van der Waals surface area contributed by atoms with Gasteiger partial charge in [-0.25, -0.2) is 8.96 Å². The molecule has 0 amide bonds. The third-order valence-corrected chi connectivity index (χ3v) is 7.91. The van der Waals surface area contributed by atoms with Crippen LogP contribution in [0.2, 0.25) is 0 Å². The van der Waals surface area contributed by atoms with Gasteiger partial charge < -0.3 is 0 Å². The molecule has 2 aliphatic rings. The fraction of sp³-hybridized carbons (Fsp3) is 0.550. The third kappa shape index (κ3) is 3.22. The molecule has 1 aliphatic heterocycles. The molecule has 0 unspecified atom stereocenters. The van der Waals surface area contributed by atoms with Crippen LogP contribution >= 0.6 is 0 Å². The zero-order valence-corrected chi connectivity index (χ0v) is 16.9. The minimum absolute atomic E-state index is 0.331. The summed E-state index contributed by atoms with van der Waals surface area (Å²) in [5, 5.41) is 0. The van der Waals surface area contributed by atoms with Crippen molar-refractivity contribution in [2.24, 2.45) is 5.41 Å². The number of hydrogen-bond acceptors (Lipinski definition) is 4. The highest BCUT2D eigenvalue weighted by molar-refractivity contribution is 7.87. The lowest BCUT2D eigenvalue weighted by Crippen LogP contribution is -2.58. The standard InChI is InChI=1S/C20H28N4O2S/c1-22(2)27(25,26)24-14-13-21-18(24)15-23-16-20(11-7-4-8-12-20)19(23)17-9-5-3-6-10-17/h3,5-6,9-10,13-14,19H,4,7-8,11-12,15-16H2,1-2H3/t19-/m1/s1. The predicted molar refractivity (Wildman–Crippen MR) is 105 cm³/mol. The zero-order chi connectivity index (χ0) is 19.1. The normalized spacial score (nSPS) is 22.9. The summed E-state index contributed by atoms with van der Waals surface area (Å²) >= 11 is 0. The molecule has 2 aromatic rings. The van der Waals surface area contributed by atoms with Gasteiger partial charge in [0.25, 0.3) is 0 Å². The van der Waals surface area contributed by atoms with Crippen molar-refractivity contribution in [2.45, 2.75) is 44.7 Å². The molecule has 1 atom stereocenters. The van der Waals surface area contributed by atoms with Crippen LogP contribution in [0.4, 0.5) is 0 Å². The van der Waals surface area contributed by atoms with E-state index in [-0.39, 0.29) is 0 Å². The number of benzene rings is 1. The molecule has 4 rings (SSSR count). The van der Waals surface area contributed by atoms with Crippen molar-refractivity contribution in [1.82, 2.24) is 18.2 Å². The molecule has 146 valence electrons. The van der Waals surface area contributed by atoms with Gasteiger partial charge in [-0.2, -0.15) is 12.7 Å². The first-order valence-electron chi connectivity index (χ1n) is 9.68. The Kier molecular flexibility index (Phi) is 4.86. The van der Waals surface area contributed by atoms with Crippen LogP contribution in [0, 0.1) is 5.41 Å². The predicted octanol–water partition coefficient (Wildman–Crippen LogP) is 3.05. The van der Waals surface area contributed by atoms with Gasteiger partial charge in [0, 0.05) is 44.5 Å². The molecule has 0 bridgehead atoms. The number of likely N-dealkylation sites (tertiary alicyclic amines) is 1. The maximum absolute atomic E-state index is 12.6. The molecule has 1 aromatic carbocycles. The smallest absolute Gasteiger partial charge is 0.288 e. The number of rotatable bonds is 5. The molecular weight excluding hydrogens is 360 g/mol. The average molecular weight is 389 g/mol. The molecule has 0 radical (unpaired) electrons. The zero-order valence-electron chi connectivity index (χ0n) is 16.1. The highest BCUT2D eigenvalue weighted by Crippen LogP contribution is 2.57. The largest absolute Gasteiger partial charge is 0.308 e. The van der Waals surface area contributed by atoms with Crippen LogP contribution in [-0.2, 0) is 16.8 Å². The van der Waals surface area contributed by atoms with E-state index in [4.69, 9.17) is 0 Å². The summed E-state index contributed by atoms with van der Waals surface area (Å²) < 4.78 is 27.7. The Balaban J connectivity index is 1.62. The van der Waals surface area contributed by atoms with E-state index in [9.17, 15) is 8.42 Å². The number of imidazole rings is 1. The van der Waals surface area contributed by atoms with E-state index in [0.717, 1.165) is 6.54 Å². The topological polar surface area (TPSA) is 58.4 Å². The van der Waals surface area contributed by atoms with Crippen molar-refractivity contribution in [3.05, 3.63) is 54.1 Å². The molecular formula is C20H28N4O2S. The van der Waals surface area contributed by atoms with Crippen molar-refractivity contribution >= 4 is 10.2 Å². The van der Waals surface area contributed by atoms with Gasteiger partial charge in [0.1, 0.15) is 5.82 Å². The molecule has 7 heteroatoms. The summed E-state index contributed by atoms with van der Waals surface area (Å²) in [5.41, 5.74) is 1.66. The van der Waals surface area contributed by atoms with Crippen molar-refractivity contribution in [1.29, 1.82) is 0 Å².